The fraction of sp³-hybridized carbons (Fsp3) is 0.263. The SMILES string of the molecule is Cc1ccc(N(C)CC2=Cc3ccccc3CC2)cc1. The first kappa shape index (κ1) is 13.0. The van der Waals surface area contributed by atoms with E-state index in [9.17, 15) is 0 Å². The molecule has 102 valence electrons. The first-order chi connectivity index (χ1) is 9.72. The Bertz CT molecular complexity index is 622. The van der Waals surface area contributed by atoms with E-state index in [0.29, 0.717) is 0 Å². The van der Waals surface area contributed by atoms with E-state index in [4.69, 9.17) is 0 Å². The lowest BCUT2D eigenvalue weighted by molar-refractivity contribution is 0.860. The number of likely N-dealkylation sites (N-methyl/N-ethyl adjacent to an activating group) is 1. The molecule has 1 nitrogen and oxygen atoms in total. The van der Waals surface area contributed by atoms with Crippen molar-refractivity contribution < 1.29 is 0 Å². The third-order valence-electron chi connectivity index (χ3n) is 4.05. The standard InChI is InChI=1S/C19H21N/c1-15-7-11-19(12-8-15)20(2)14-16-9-10-17-5-3-4-6-18(17)13-16/h3-8,11-13H,9-10,14H2,1-2H3. The van der Waals surface area contributed by atoms with Crippen molar-refractivity contribution in [2.75, 3.05) is 18.5 Å². The predicted molar refractivity (Wildman–Crippen MR) is 87.2 cm³/mol. The molecule has 0 unspecified atom stereocenters. The van der Waals surface area contributed by atoms with E-state index in [-0.39, 0.29) is 0 Å². The highest BCUT2D eigenvalue weighted by Gasteiger charge is 2.11. The fourth-order valence-corrected chi connectivity index (χ4v) is 2.81. The molecule has 2 aromatic carbocycles. The van der Waals surface area contributed by atoms with Crippen LogP contribution >= 0.6 is 0 Å². The first-order valence-electron chi connectivity index (χ1n) is 7.27. The highest BCUT2D eigenvalue weighted by molar-refractivity contribution is 5.61. The lowest BCUT2D eigenvalue weighted by atomic mass is 9.92. The molecule has 2 aromatic rings. The lowest BCUT2D eigenvalue weighted by Crippen LogP contribution is -2.21. The van der Waals surface area contributed by atoms with Gasteiger partial charge < -0.3 is 4.90 Å². The Labute approximate surface area is 121 Å². The van der Waals surface area contributed by atoms with Crippen molar-refractivity contribution in [3.05, 3.63) is 70.8 Å². The molecule has 0 aromatic heterocycles. The minimum absolute atomic E-state index is 1.01. The summed E-state index contributed by atoms with van der Waals surface area (Å²) in [6.45, 7) is 3.14. The van der Waals surface area contributed by atoms with E-state index >= 15 is 0 Å². The molecule has 3 rings (SSSR count). The summed E-state index contributed by atoms with van der Waals surface area (Å²) < 4.78 is 0. The highest BCUT2D eigenvalue weighted by Crippen LogP contribution is 2.25. The minimum Gasteiger partial charge on any atom is -0.371 e. The Morgan fingerprint density at radius 3 is 2.50 bits per heavy atom. The number of hydrogen-bond donors (Lipinski definition) is 0. The summed E-state index contributed by atoms with van der Waals surface area (Å²) in [5, 5.41) is 0. The summed E-state index contributed by atoms with van der Waals surface area (Å²) in [5.74, 6) is 0. The second kappa shape index (κ2) is 5.54. The molecule has 0 heterocycles. The summed E-state index contributed by atoms with van der Waals surface area (Å²) in [4.78, 5) is 2.33. The second-order valence-electron chi connectivity index (χ2n) is 5.69. The van der Waals surface area contributed by atoms with Crippen molar-refractivity contribution in [2.24, 2.45) is 0 Å². The van der Waals surface area contributed by atoms with E-state index in [1.165, 1.54) is 40.8 Å². The van der Waals surface area contributed by atoms with Crippen LogP contribution in [0.25, 0.3) is 6.08 Å². The number of rotatable bonds is 3. The van der Waals surface area contributed by atoms with Crippen molar-refractivity contribution in [3.8, 4) is 0 Å². The normalized spacial score (nSPS) is 13.6. The van der Waals surface area contributed by atoms with Gasteiger partial charge in [0.05, 0.1) is 0 Å². The van der Waals surface area contributed by atoms with Crippen LogP contribution in [0.5, 0.6) is 0 Å². The number of hydrogen-bond acceptors (Lipinski definition) is 1. The molecule has 0 spiro atoms. The highest BCUT2D eigenvalue weighted by atomic mass is 15.1. The van der Waals surface area contributed by atoms with Crippen LogP contribution in [-0.2, 0) is 6.42 Å². The van der Waals surface area contributed by atoms with Crippen LogP contribution in [0.1, 0.15) is 23.1 Å². The van der Waals surface area contributed by atoms with Crippen molar-refractivity contribution in [1.29, 1.82) is 0 Å². The van der Waals surface area contributed by atoms with Gasteiger partial charge in [0.25, 0.3) is 0 Å². The van der Waals surface area contributed by atoms with Gasteiger partial charge in [0, 0.05) is 19.3 Å². The van der Waals surface area contributed by atoms with Crippen LogP contribution in [0.15, 0.2) is 54.1 Å². The zero-order valence-electron chi connectivity index (χ0n) is 12.3. The Kier molecular flexibility index (Phi) is 3.60. The van der Waals surface area contributed by atoms with Crippen molar-refractivity contribution >= 4 is 11.8 Å². The van der Waals surface area contributed by atoms with Gasteiger partial charge in [-0.1, -0.05) is 53.6 Å². The Morgan fingerprint density at radius 1 is 0.950 bits per heavy atom. The zero-order valence-corrected chi connectivity index (χ0v) is 12.3. The molecular weight excluding hydrogens is 242 g/mol. The maximum absolute atomic E-state index is 2.36. The van der Waals surface area contributed by atoms with Gasteiger partial charge >= 0.3 is 0 Å². The van der Waals surface area contributed by atoms with Crippen LogP contribution in [0.2, 0.25) is 0 Å². The van der Waals surface area contributed by atoms with E-state index in [1.54, 1.807) is 0 Å². The molecule has 0 fully saturated rings. The third kappa shape index (κ3) is 2.77. The van der Waals surface area contributed by atoms with Gasteiger partial charge in [0.15, 0.2) is 0 Å². The molecule has 0 radical (unpaired) electrons. The van der Waals surface area contributed by atoms with Gasteiger partial charge in [0.1, 0.15) is 0 Å². The van der Waals surface area contributed by atoms with E-state index in [2.05, 4.69) is 73.5 Å². The summed E-state index contributed by atoms with van der Waals surface area (Å²) in [6.07, 6.45) is 4.71. The molecule has 20 heavy (non-hydrogen) atoms. The zero-order chi connectivity index (χ0) is 13.9. The third-order valence-corrected chi connectivity index (χ3v) is 4.05. The first-order valence-corrected chi connectivity index (χ1v) is 7.27. The van der Waals surface area contributed by atoms with Crippen molar-refractivity contribution in [3.63, 3.8) is 0 Å². The predicted octanol–water partition coefficient (Wildman–Crippen LogP) is 4.46. The molecule has 0 amide bonds. The van der Waals surface area contributed by atoms with Crippen LogP contribution < -0.4 is 4.90 Å². The lowest BCUT2D eigenvalue weighted by Gasteiger charge is -2.24. The topological polar surface area (TPSA) is 3.24 Å². The molecule has 0 saturated heterocycles. The van der Waals surface area contributed by atoms with E-state index in [0.717, 1.165) is 6.54 Å². The maximum atomic E-state index is 2.36. The van der Waals surface area contributed by atoms with Gasteiger partial charge in [-0.2, -0.15) is 0 Å². The van der Waals surface area contributed by atoms with Crippen molar-refractivity contribution in [2.45, 2.75) is 19.8 Å². The van der Waals surface area contributed by atoms with Gasteiger partial charge in [-0.15, -0.1) is 0 Å². The largest absolute Gasteiger partial charge is 0.371 e. The number of anilines is 1. The van der Waals surface area contributed by atoms with E-state index in [1.807, 2.05) is 0 Å². The molecular formula is C19H21N. The summed E-state index contributed by atoms with van der Waals surface area (Å²) in [7, 11) is 2.17. The average Bonchev–Trinajstić information content (AvgIpc) is 2.48. The molecule has 1 aliphatic rings. The molecule has 0 bridgehead atoms. The Morgan fingerprint density at radius 2 is 1.70 bits per heavy atom. The molecule has 1 aliphatic carbocycles. The molecule has 0 atom stereocenters. The van der Waals surface area contributed by atoms with Crippen LogP contribution in [0.3, 0.4) is 0 Å². The molecule has 1 heteroatoms. The molecule has 0 aliphatic heterocycles. The average molecular weight is 263 g/mol. The van der Waals surface area contributed by atoms with Crippen LogP contribution in [0.4, 0.5) is 5.69 Å². The van der Waals surface area contributed by atoms with Gasteiger partial charge in [0.2, 0.25) is 0 Å². The Balaban J connectivity index is 1.75. The van der Waals surface area contributed by atoms with Crippen LogP contribution in [-0.4, -0.2) is 13.6 Å². The fourth-order valence-electron chi connectivity index (χ4n) is 2.81. The van der Waals surface area contributed by atoms with Gasteiger partial charge in [-0.3, -0.25) is 0 Å². The maximum Gasteiger partial charge on any atom is 0.0389 e. The summed E-state index contributed by atoms with van der Waals surface area (Å²) >= 11 is 0. The van der Waals surface area contributed by atoms with Crippen LogP contribution in [0, 0.1) is 6.92 Å². The number of aryl methyl sites for hydroxylation is 2. The summed E-state index contributed by atoms with van der Waals surface area (Å²) in [5.41, 5.74) is 7.00. The van der Waals surface area contributed by atoms with Gasteiger partial charge in [-0.25, -0.2) is 0 Å². The second-order valence-corrected chi connectivity index (χ2v) is 5.69. The van der Waals surface area contributed by atoms with Gasteiger partial charge in [-0.05, 0) is 43.0 Å². The monoisotopic (exact) mass is 263 g/mol. The molecule has 0 N–H and O–H groups in total. The smallest absolute Gasteiger partial charge is 0.0389 e. The Hall–Kier alpha value is -2.02. The van der Waals surface area contributed by atoms with Crippen molar-refractivity contribution in [1.82, 2.24) is 0 Å². The number of nitrogens with zero attached hydrogens (tertiary/aromatic N) is 1. The number of benzene rings is 2. The van der Waals surface area contributed by atoms with E-state index < -0.39 is 0 Å². The summed E-state index contributed by atoms with van der Waals surface area (Å²) in [6, 6.07) is 17.5. The molecule has 0 saturated carbocycles. The minimum atomic E-state index is 1.01. The quantitative estimate of drug-likeness (QED) is 0.790. The number of fused-ring (bicyclic) bond motifs is 1.